The van der Waals surface area contributed by atoms with Crippen LogP contribution in [0.15, 0.2) is 79.0 Å². The number of aliphatic hydroxyl groups is 1. The van der Waals surface area contributed by atoms with Crippen LogP contribution in [0.25, 0.3) is 11.1 Å². The summed E-state index contributed by atoms with van der Waals surface area (Å²) in [6, 6.07) is 19.8. The lowest BCUT2D eigenvalue weighted by Crippen LogP contribution is -2.38. The number of carbonyl (C=O) groups excluding carboxylic acids is 3. The van der Waals surface area contributed by atoms with Crippen molar-refractivity contribution in [2.45, 2.75) is 38.6 Å². The highest BCUT2D eigenvalue weighted by molar-refractivity contribution is 5.94. The lowest BCUT2D eigenvalue weighted by atomic mass is 9.97. The van der Waals surface area contributed by atoms with Crippen LogP contribution in [0.3, 0.4) is 0 Å². The number of rotatable bonds is 11. The molecule has 0 spiro atoms. The van der Waals surface area contributed by atoms with Crippen molar-refractivity contribution in [3.63, 3.8) is 0 Å². The van der Waals surface area contributed by atoms with Crippen LogP contribution < -0.4 is 16.4 Å². The van der Waals surface area contributed by atoms with Gasteiger partial charge in [-0.05, 0) is 52.9 Å². The number of carbonyl (C=O) groups is 3. The fourth-order valence-corrected chi connectivity index (χ4v) is 4.09. The first kappa shape index (κ1) is 28.1. The Morgan fingerprint density at radius 3 is 2.08 bits per heavy atom. The molecule has 0 aliphatic carbocycles. The van der Waals surface area contributed by atoms with Gasteiger partial charge in [0, 0.05) is 19.0 Å². The standard InChI is InChI=1S/C29H29FN6O4/c1-18(37)32-15-20-4-8-22(9-5-20)21-6-2-19(3-7-21)14-26(27(38)28(31)39)36-17-25(34-35-36)16-33-29(40)23-10-12-24(30)13-11-23/h2-13,17,26-27,38H,14-16H2,1H3,(H2,31,39)(H,32,37)(H,33,40)/t26-,27-/m1/s1. The highest BCUT2D eigenvalue weighted by Crippen LogP contribution is 2.23. The van der Waals surface area contributed by atoms with Gasteiger partial charge in [-0.25, -0.2) is 9.07 Å². The fraction of sp³-hybridized carbons (Fsp3) is 0.207. The van der Waals surface area contributed by atoms with Crippen molar-refractivity contribution in [1.29, 1.82) is 0 Å². The van der Waals surface area contributed by atoms with Crippen molar-refractivity contribution in [3.05, 3.63) is 107 Å². The van der Waals surface area contributed by atoms with E-state index >= 15 is 0 Å². The summed E-state index contributed by atoms with van der Waals surface area (Å²) in [6.07, 6.45) is 0.239. The molecule has 3 aromatic carbocycles. The van der Waals surface area contributed by atoms with Gasteiger partial charge in [0.25, 0.3) is 5.91 Å². The number of nitrogens with zero attached hydrogens (tertiary/aromatic N) is 3. The second-order valence-electron chi connectivity index (χ2n) is 9.30. The van der Waals surface area contributed by atoms with Gasteiger partial charge in [-0.2, -0.15) is 0 Å². The second kappa shape index (κ2) is 12.8. The molecule has 4 rings (SSSR count). The van der Waals surface area contributed by atoms with E-state index < -0.39 is 29.8 Å². The molecule has 11 heteroatoms. The van der Waals surface area contributed by atoms with Crippen LogP contribution in [0.4, 0.5) is 4.39 Å². The Bertz CT molecular complexity index is 1470. The molecule has 0 fully saturated rings. The van der Waals surface area contributed by atoms with Gasteiger partial charge in [0.1, 0.15) is 11.5 Å². The third kappa shape index (κ3) is 7.35. The summed E-state index contributed by atoms with van der Waals surface area (Å²) in [7, 11) is 0. The minimum atomic E-state index is -1.53. The Hall–Kier alpha value is -4.90. The molecule has 206 valence electrons. The van der Waals surface area contributed by atoms with E-state index in [-0.39, 0.29) is 18.9 Å². The summed E-state index contributed by atoms with van der Waals surface area (Å²) in [5.41, 5.74) is 9.88. The van der Waals surface area contributed by atoms with Crippen molar-refractivity contribution in [2.24, 2.45) is 5.73 Å². The number of benzene rings is 3. The average Bonchev–Trinajstić information content (AvgIpc) is 3.43. The highest BCUT2D eigenvalue weighted by Gasteiger charge is 2.27. The van der Waals surface area contributed by atoms with Gasteiger partial charge in [0.2, 0.25) is 11.8 Å². The van der Waals surface area contributed by atoms with E-state index in [1.54, 1.807) is 0 Å². The number of nitrogens with one attached hydrogen (secondary N) is 2. The molecule has 0 saturated carbocycles. The molecule has 1 aromatic heterocycles. The second-order valence-corrected chi connectivity index (χ2v) is 9.30. The van der Waals surface area contributed by atoms with E-state index in [0.717, 1.165) is 22.3 Å². The van der Waals surface area contributed by atoms with Crippen LogP contribution in [0.5, 0.6) is 0 Å². The number of aliphatic hydroxyl groups excluding tert-OH is 1. The van der Waals surface area contributed by atoms with Gasteiger partial charge in [-0.3, -0.25) is 14.4 Å². The van der Waals surface area contributed by atoms with E-state index in [9.17, 15) is 23.9 Å². The smallest absolute Gasteiger partial charge is 0.251 e. The van der Waals surface area contributed by atoms with Crippen LogP contribution in [0.2, 0.25) is 0 Å². The molecule has 2 atom stereocenters. The molecule has 0 saturated heterocycles. The van der Waals surface area contributed by atoms with Crippen LogP contribution in [0, 0.1) is 5.82 Å². The predicted octanol–water partition coefficient (Wildman–Crippen LogP) is 2.28. The minimum Gasteiger partial charge on any atom is -0.381 e. The maximum absolute atomic E-state index is 13.1. The first-order chi connectivity index (χ1) is 19.2. The summed E-state index contributed by atoms with van der Waals surface area (Å²) in [5.74, 6) is -1.84. The molecule has 1 heterocycles. The lowest BCUT2D eigenvalue weighted by molar-refractivity contribution is -0.128. The normalized spacial score (nSPS) is 12.4. The van der Waals surface area contributed by atoms with Gasteiger partial charge < -0.3 is 21.5 Å². The lowest BCUT2D eigenvalue weighted by Gasteiger charge is -2.21. The summed E-state index contributed by atoms with van der Waals surface area (Å²) in [5, 5.41) is 24.1. The molecule has 4 aromatic rings. The van der Waals surface area contributed by atoms with Gasteiger partial charge in [-0.15, -0.1) is 5.10 Å². The first-order valence-corrected chi connectivity index (χ1v) is 12.5. The van der Waals surface area contributed by atoms with Crippen molar-refractivity contribution >= 4 is 17.7 Å². The maximum atomic E-state index is 13.1. The van der Waals surface area contributed by atoms with Crippen molar-refractivity contribution in [1.82, 2.24) is 25.6 Å². The van der Waals surface area contributed by atoms with E-state index in [4.69, 9.17) is 5.73 Å². The molecule has 0 unspecified atom stereocenters. The molecule has 3 amide bonds. The summed E-state index contributed by atoms with van der Waals surface area (Å²) < 4.78 is 14.5. The van der Waals surface area contributed by atoms with Crippen LogP contribution >= 0.6 is 0 Å². The Labute approximate surface area is 230 Å². The zero-order valence-electron chi connectivity index (χ0n) is 21.8. The number of halogens is 1. The van der Waals surface area contributed by atoms with Gasteiger partial charge in [0.05, 0.1) is 18.8 Å². The molecule has 0 aliphatic heterocycles. The van der Waals surface area contributed by atoms with E-state index in [2.05, 4.69) is 20.9 Å². The third-order valence-corrected chi connectivity index (χ3v) is 6.32. The summed E-state index contributed by atoms with van der Waals surface area (Å²) in [4.78, 5) is 35.3. The van der Waals surface area contributed by atoms with Crippen LogP contribution in [0.1, 0.15) is 40.1 Å². The molecule has 5 N–H and O–H groups in total. The number of amides is 3. The highest BCUT2D eigenvalue weighted by atomic mass is 19.1. The Balaban J connectivity index is 1.42. The third-order valence-electron chi connectivity index (χ3n) is 6.32. The minimum absolute atomic E-state index is 0.0356. The number of hydrogen-bond donors (Lipinski definition) is 4. The molecule has 10 nitrogen and oxygen atoms in total. The number of primary amides is 1. The molecule has 0 aliphatic rings. The SMILES string of the molecule is CC(=O)NCc1ccc(-c2ccc(C[C@H]([C@@H](O)C(N)=O)n3cc(CNC(=O)c4ccc(F)cc4)nn3)cc2)cc1. The van der Waals surface area contributed by atoms with Crippen LogP contribution in [-0.4, -0.2) is 43.9 Å². The van der Waals surface area contributed by atoms with E-state index in [0.29, 0.717) is 17.8 Å². The summed E-state index contributed by atoms with van der Waals surface area (Å²) in [6.45, 7) is 1.97. The van der Waals surface area contributed by atoms with E-state index in [1.165, 1.54) is 42.1 Å². The molecule has 0 bridgehead atoms. The zero-order valence-corrected chi connectivity index (χ0v) is 21.8. The van der Waals surface area contributed by atoms with Gasteiger partial charge in [0.15, 0.2) is 6.10 Å². The predicted molar refractivity (Wildman–Crippen MR) is 145 cm³/mol. The number of aromatic nitrogens is 3. The quantitative estimate of drug-likeness (QED) is 0.227. The monoisotopic (exact) mass is 544 g/mol. The van der Waals surface area contributed by atoms with E-state index in [1.807, 2.05) is 48.5 Å². The molecule has 40 heavy (non-hydrogen) atoms. The van der Waals surface area contributed by atoms with Gasteiger partial charge in [-0.1, -0.05) is 53.7 Å². The zero-order chi connectivity index (χ0) is 28.6. The van der Waals surface area contributed by atoms with Crippen molar-refractivity contribution in [3.8, 4) is 11.1 Å². The molecule has 0 radical (unpaired) electrons. The number of hydrogen-bond acceptors (Lipinski definition) is 6. The largest absolute Gasteiger partial charge is 0.381 e. The van der Waals surface area contributed by atoms with Crippen molar-refractivity contribution in [2.75, 3.05) is 0 Å². The average molecular weight is 545 g/mol. The Morgan fingerprint density at radius 1 is 0.900 bits per heavy atom. The Morgan fingerprint density at radius 2 is 1.50 bits per heavy atom. The molecular formula is C29H29FN6O4. The Kier molecular flexibility index (Phi) is 8.97. The summed E-state index contributed by atoms with van der Waals surface area (Å²) >= 11 is 0. The molecular weight excluding hydrogens is 515 g/mol. The topological polar surface area (TPSA) is 152 Å². The van der Waals surface area contributed by atoms with Crippen molar-refractivity contribution < 1.29 is 23.9 Å². The maximum Gasteiger partial charge on any atom is 0.251 e. The van der Waals surface area contributed by atoms with Crippen LogP contribution in [-0.2, 0) is 29.1 Å². The number of nitrogens with two attached hydrogens (primary N) is 1. The van der Waals surface area contributed by atoms with Gasteiger partial charge >= 0.3 is 0 Å². The fourth-order valence-electron chi connectivity index (χ4n) is 4.09. The first-order valence-electron chi connectivity index (χ1n) is 12.5.